The summed E-state index contributed by atoms with van der Waals surface area (Å²) in [5, 5.41) is 12.5. The molecule has 2 nitrogen and oxygen atoms in total. The van der Waals surface area contributed by atoms with Gasteiger partial charge in [0.25, 0.3) is 0 Å². The van der Waals surface area contributed by atoms with Gasteiger partial charge in [-0.15, -0.1) is 0 Å². The van der Waals surface area contributed by atoms with Gasteiger partial charge in [0, 0.05) is 0 Å². The highest BCUT2D eigenvalue weighted by Crippen LogP contribution is 2.55. The monoisotopic (exact) mass is 344 g/mol. The largest absolute Gasteiger partial charge is 0.294 e. The van der Waals surface area contributed by atoms with Crippen molar-refractivity contribution in [2.45, 2.75) is 6.42 Å². The summed E-state index contributed by atoms with van der Waals surface area (Å²) in [7, 11) is -2.14. The number of carbonyl (C=O) groups excluding carboxylic acids is 1. The molecule has 122 valence electrons. The summed E-state index contributed by atoms with van der Waals surface area (Å²) in [4.78, 5) is 12.6. The molecule has 0 aliphatic heterocycles. The summed E-state index contributed by atoms with van der Waals surface area (Å²) in [6.45, 7) is 0. The summed E-state index contributed by atoms with van der Waals surface area (Å²) < 4.78 is 0. The molecule has 25 heavy (non-hydrogen) atoms. The first-order chi connectivity index (χ1) is 12.3. The van der Waals surface area contributed by atoms with Gasteiger partial charge in [-0.3, -0.25) is 4.79 Å². The molecule has 0 N–H and O–H groups in total. The van der Waals surface area contributed by atoms with Gasteiger partial charge in [0.15, 0.2) is 5.78 Å². The Morgan fingerprint density at radius 2 is 1.08 bits per heavy atom. The van der Waals surface area contributed by atoms with Gasteiger partial charge < -0.3 is 0 Å². The fraction of sp³-hybridized carbons (Fsp3) is 0.0909. The molecule has 3 heteroatoms. The second kappa shape index (κ2) is 7.88. The van der Waals surface area contributed by atoms with E-state index in [2.05, 4.69) is 36.4 Å². The standard InChI is InChI=1S/C22H19NOP/c23-17-16-19(24)18-25(20-10-4-1-5-11-20,21-12-6-2-7-13-21)22-14-8-3-9-15-22/h1-15H,16,18H2/q+1. The summed E-state index contributed by atoms with van der Waals surface area (Å²) in [5.74, 6) is -0.00704. The normalized spacial score (nSPS) is 10.8. The highest BCUT2D eigenvalue weighted by molar-refractivity contribution is 7.96. The van der Waals surface area contributed by atoms with Crippen LogP contribution in [0.2, 0.25) is 0 Å². The average Bonchev–Trinajstić information content (AvgIpc) is 2.68. The van der Waals surface area contributed by atoms with E-state index in [-0.39, 0.29) is 12.2 Å². The maximum absolute atomic E-state index is 12.6. The SMILES string of the molecule is N#CCC(=O)C[P+](c1ccccc1)(c1ccccc1)c1ccccc1. The van der Waals surface area contributed by atoms with Crippen LogP contribution in [-0.2, 0) is 4.79 Å². The van der Waals surface area contributed by atoms with E-state index >= 15 is 0 Å². The van der Waals surface area contributed by atoms with Crippen molar-refractivity contribution < 1.29 is 4.79 Å². The number of benzene rings is 3. The fourth-order valence-electron chi connectivity index (χ4n) is 3.18. The van der Waals surface area contributed by atoms with E-state index < -0.39 is 7.26 Å². The molecule has 0 spiro atoms. The lowest BCUT2D eigenvalue weighted by Gasteiger charge is -2.26. The summed E-state index contributed by atoms with van der Waals surface area (Å²) in [5.41, 5.74) is 0. The van der Waals surface area contributed by atoms with Crippen molar-refractivity contribution in [3.8, 4) is 6.07 Å². The van der Waals surface area contributed by atoms with E-state index in [0.717, 1.165) is 0 Å². The number of carbonyl (C=O) groups is 1. The predicted octanol–water partition coefficient (Wildman–Crippen LogP) is 3.46. The van der Waals surface area contributed by atoms with E-state index in [1.54, 1.807) is 0 Å². The molecule has 3 rings (SSSR count). The molecule has 0 aliphatic rings. The number of ketones is 1. The van der Waals surface area contributed by atoms with Crippen LogP contribution in [0.3, 0.4) is 0 Å². The third-order valence-electron chi connectivity index (χ3n) is 4.28. The topological polar surface area (TPSA) is 40.9 Å². The number of hydrogen-bond acceptors (Lipinski definition) is 2. The van der Waals surface area contributed by atoms with Crippen LogP contribution in [0.15, 0.2) is 91.0 Å². The molecule has 0 atom stereocenters. The molecule has 0 amide bonds. The Bertz CT molecular complexity index is 774. The molecule has 0 aliphatic carbocycles. The molecular formula is C22H19NOP+. The van der Waals surface area contributed by atoms with E-state index in [9.17, 15) is 4.79 Å². The van der Waals surface area contributed by atoms with Gasteiger partial charge in [-0.1, -0.05) is 54.6 Å². The van der Waals surface area contributed by atoms with Gasteiger partial charge in [0.05, 0.1) is 12.5 Å². The maximum atomic E-state index is 12.6. The Labute approximate surface area is 149 Å². The number of nitriles is 1. The minimum Gasteiger partial charge on any atom is -0.294 e. The van der Waals surface area contributed by atoms with Crippen LogP contribution in [-0.4, -0.2) is 11.9 Å². The molecule has 0 radical (unpaired) electrons. The number of rotatable bonds is 6. The van der Waals surface area contributed by atoms with Crippen LogP contribution in [0.5, 0.6) is 0 Å². The molecule has 0 saturated heterocycles. The highest BCUT2D eigenvalue weighted by Gasteiger charge is 2.46. The first-order valence-corrected chi connectivity index (χ1v) is 10.2. The van der Waals surface area contributed by atoms with Crippen molar-refractivity contribution in [1.82, 2.24) is 0 Å². The Morgan fingerprint density at radius 3 is 1.40 bits per heavy atom. The number of hydrogen-bond donors (Lipinski definition) is 0. The molecule has 3 aromatic carbocycles. The summed E-state index contributed by atoms with van der Waals surface area (Å²) >= 11 is 0. The second-order valence-corrected chi connectivity index (χ2v) is 9.33. The van der Waals surface area contributed by atoms with E-state index in [0.29, 0.717) is 6.16 Å². The maximum Gasteiger partial charge on any atom is 0.185 e. The molecule has 3 aromatic rings. The van der Waals surface area contributed by atoms with Crippen LogP contribution in [0.4, 0.5) is 0 Å². The Hall–Kier alpha value is -2.75. The van der Waals surface area contributed by atoms with Crippen molar-refractivity contribution in [3.63, 3.8) is 0 Å². The zero-order valence-electron chi connectivity index (χ0n) is 13.9. The van der Waals surface area contributed by atoms with Gasteiger partial charge in [-0.25, -0.2) is 0 Å². The first kappa shape index (κ1) is 17.1. The highest BCUT2D eigenvalue weighted by atomic mass is 31.2. The van der Waals surface area contributed by atoms with Crippen molar-refractivity contribution in [2.75, 3.05) is 6.16 Å². The van der Waals surface area contributed by atoms with Gasteiger partial charge >= 0.3 is 0 Å². The molecule has 0 fully saturated rings. The minimum atomic E-state index is -2.14. The van der Waals surface area contributed by atoms with Crippen LogP contribution < -0.4 is 15.9 Å². The fourth-order valence-corrected chi connectivity index (χ4v) is 7.30. The molecular weight excluding hydrogens is 325 g/mol. The number of Topliss-reactive ketones (excluding diaryl/α,β-unsaturated/α-hetero) is 1. The molecule has 0 saturated carbocycles. The van der Waals surface area contributed by atoms with Crippen LogP contribution in [0.1, 0.15) is 6.42 Å². The number of nitrogens with zero attached hydrogens (tertiary/aromatic N) is 1. The Morgan fingerprint density at radius 1 is 0.720 bits per heavy atom. The van der Waals surface area contributed by atoms with Crippen molar-refractivity contribution in [1.29, 1.82) is 5.26 Å². The van der Waals surface area contributed by atoms with Crippen molar-refractivity contribution in [3.05, 3.63) is 91.0 Å². The second-order valence-electron chi connectivity index (χ2n) is 5.85. The van der Waals surface area contributed by atoms with E-state index in [4.69, 9.17) is 5.26 Å². The van der Waals surface area contributed by atoms with E-state index in [1.807, 2.05) is 60.7 Å². The zero-order valence-corrected chi connectivity index (χ0v) is 14.8. The van der Waals surface area contributed by atoms with E-state index in [1.165, 1.54) is 15.9 Å². The van der Waals surface area contributed by atoms with Crippen molar-refractivity contribution >= 4 is 29.0 Å². The third kappa shape index (κ3) is 3.53. The van der Waals surface area contributed by atoms with Crippen LogP contribution in [0, 0.1) is 11.3 Å². The quantitative estimate of drug-likeness (QED) is 0.643. The van der Waals surface area contributed by atoms with Crippen LogP contribution >= 0.6 is 7.26 Å². The Balaban J connectivity index is 2.28. The smallest absolute Gasteiger partial charge is 0.185 e. The lowest BCUT2D eigenvalue weighted by atomic mass is 10.3. The predicted molar refractivity (Wildman–Crippen MR) is 105 cm³/mol. The van der Waals surface area contributed by atoms with Crippen molar-refractivity contribution in [2.24, 2.45) is 0 Å². The van der Waals surface area contributed by atoms with Gasteiger partial charge in [0.2, 0.25) is 0 Å². The lowest BCUT2D eigenvalue weighted by Crippen LogP contribution is -2.35. The third-order valence-corrected chi connectivity index (χ3v) is 8.65. The molecule has 0 aromatic heterocycles. The lowest BCUT2D eigenvalue weighted by molar-refractivity contribution is -0.115. The van der Waals surface area contributed by atoms with Gasteiger partial charge in [-0.05, 0) is 36.4 Å². The van der Waals surface area contributed by atoms with Gasteiger partial charge in [0.1, 0.15) is 29.3 Å². The average molecular weight is 344 g/mol. The minimum absolute atomic E-state index is 0.00704. The molecule has 0 bridgehead atoms. The Kier molecular flexibility index (Phi) is 5.39. The zero-order chi connectivity index (χ0) is 17.5. The van der Waals surface area contributed by atoms with Crippen LogP contribution in [0.25, 0.3) is 0 Å². The van der Waals surface area contributed by atoms with Gasteiger partial charge in [-0.2, -0.15) is 5.26 Å². The first-order valence-electron chi connectivity index (χ1n) is 8.21. The molecule has 0 unspecified atom stereocenters. The summed E-state index contributed by atoms with van der Waals surface area (Å²) in [6, 6.07) is 32.7. The molecule has 0 heterocycles. The summed E-state index contributed by atoms with van der Waals surface area (Å²) in [6.07, 6.45) is 0.326.